The molecule has 1 aliphatic heterocycles. The van der Waals surface area contributed by atoms with Crippen LogP contribution in [0.1, 0.15) is 27.9 Å². The van der Waals surface area contributed by atoms with Crippen LogP contribution in [0.5, 0.6) is 0 Å². The third kappa shape index (κ3) is 3.84. The van der Waals surface area contributed by atoms with E-state index >= 15 is 0 Å². The highest BCUT2D eigenvalue weighted by Crippen LogP contribution is 2.42. The fourth-order valence-electron chi connectivity index (χ4n) is 3.76. The second-order valence-corrected chi connectivity index (χ2v) is 8.42. The Hall–Kier alpha value is -2.51. The average molecular weight is 497 g/mol. The third-order valence-electron chi connectivity index (χ3n) is 5.29. The van der Waals surface area contributed by atoms with Gasteiger partial charge in [-0.15, -0.1) is 0 Å². The van der Waals surface area contributed by atoms with Gasteiger partial charge in [0.15, 0.2) is 11.4 Å². The van der Waals surface area contributed by atoms with Gasteiger partial charge in [0, 0.05) is 21.2 Å². The van der Waals surface area contributed by atoms with Crippen molar-refractivity contribution in [3.05, 3.63) is 99.1 Å². The molecule has 0 saturated heterocycles. The summed E-state index contributed by atoms with van der Waals surface area (Å²) < 4.78 is 1.02. The number of carbonyl (C=O) groups is 2. The highest BCUT2D eigenvalue weighted by Gasteiger charge is 2.50. The number of aliphatic hydroxyl groups is 1. The number of ketones is 1. The molecule has 146 valence electrons. The SMILES string of the molecule is O=C(CC1(O)C(=O)N(CCc2ccccc2)c2ccccc21)c1ccc(I)cc1. The summed E-state index contributed by atoms with van der Waals surface area (Å²) in [5, 5.41) is 11.4. The van der Waals surface area contributed by atoms with Crippen molar-refractivity contribution in [1.29, 1.82) is 0 Å². The molecule has 0 radical (unpaired) electrons. The number of rotatable bonds is 6. The molecule has 0 aromatic heterocycles. The van der Waals surface area contributed by atoms with Gasteiger partial charge in [-0.2, -0.15) is 0 Å². The van der Waals surface area contributed by atoms with E-state index < -0.39 is 11.5 Å². The lowest BCUT2D eigenvalue weighted by Crippen LogP contribution is -2.42. The fourth-order valence-corrected chi connectivity index (χ4v) is 4.11. The van der Waals surface area contributed by atoms with Gasteiger partial charge in [-0.1, -0.05) is 60.7 Å². The maximum absolute atomic E-state index is 13.2. The zero-order valence-corrected chi connectivity index (χ0v) is 17.9. The highest BCUT2D eigenvalue weighted by atomic mass is 127. The molecule has 1 unspecified atom stereocenters. The van der Waals surface area contributed by atoms with Crippen molar-refractivity contribution in [2.75, 3.05) is 11.4 Å². The molecule has 0 bridgehead atoms. The van der Waals surface area contributed by atoms with E-state index in [2.05, 4.69) is 22.6 Å². The molecular formula is C24H20INO3. The molecule has 29 heavy (non-hydrogen) atoms. The zero-order valence-electron chi connectivity index (χ0n) is 15.7. The van der Waals surface area contributed by atoms with Crippen LogP contribution in [0.15, 0.2) is 78.9 Å². The van der Waals surface area contributed by atoms with Crippen LogP contribution in [-0.2, 0) is 16.8 Å². The number of fused-ring (bicyclic) bond motifs is 1. The van der Waals surface area contributed by atoms with Gasteiger partial charge in [-0.25, -0.2) is 0 Å². The number of halogens is 1. The number of carbonyl (C=O) groups excluding carboxylic acids is 2. The third-order valence-corrected chi connectivity index (χ3v) is 6.01. The van der Waals surface area contributed by atoms with E-state index in [0.717, 1.165) is 9.13 Å². The molecule has 1 amide bonds. The molecular weight excluding hydrogens is 477 g/mol. The van der Waals surface area contributed by atoms with Crippen LogP contribution >= 0.6 is 22.6 Å². The molecule has 0 saturated carbocycles. The summed E-state index contributed by atoms with van der Waals surface area (Å²) in [4.78, 5) is 27.7. The molecule has 4 nitrogen and oxygen atoms in total. The Kier molecular flexibility index (Phi) is 5.52. The van der Waals surface area contributed by atoms with Gasteiger partial charge in [0.05, 0.1) is 12.1 Å². The van der Waals surface area contributed by atoms with E-state index in [1.807, 2.05) is 54.6 Å². The van der Waals surface area contributed by atoms with Gasteiger partial charge in [0.1, 0.15) is 0 Å². The minimum absolute atomic E-state index is 0.253. The second kappa shape index (κ2) is 8.08. The van der Waals surface area contributed by atoms with Gasteiger partial charge < -0.3 is 10.0 Å². The van der Waals surface area contributed by atoms with Gasteiger partial charge in [-0.3, -0.25) is 9.59 Å². The van der Waals surface area contributed by atoms with E-state index in [1.165, 1.54) is 0 Å². The van der Waals surface area contributed by atoms with Crippen molar-refractivity contribution in [1.82, 2.24) is 0 Å². The summed E-state index contributed by atoms with van der Waals surface area (Å²) in [5.74, 6) is -0.689. The number of amides is 1. The molecule has 1 aliphatic rings. The molecule has 0 aliphatic carbocycles. The van der Waals surface area contributed by atoms with E-state index in [-0.39, 0.29) is 12.2 Å². The van der Waals surface area contributed by atoms with Crippen LogP contribution in [0.25, 0.3) is 0 Å². The Morgan fingerprint density at radius 3 is 2.31 bits per heavy atom. The molecule has 1 heterocycles. The topological polar surface area (TPSA) is 57.6 Å². The van der Waals surface area contributed by atoms with Crippen LogP contribution < -0.4 is 4.90 Å². The monoisotopic (exact) mass is 497 g/mol. The first-order chi connectivity index (χ1) is 14.0. The average Bonchev–Trinajstić information content (AvgIpc) is 2.95. The molecule has 0 spiro atoms. The van der Waals surface area contributed by atoms with Crippen LogP contribution in [0, 0.1) is 3.57 Å². The normalized spacial score (nSPS) is 18.0. The number of benzene rings is 3. The smallest absolute Gasteiger partial charge is 0.264 e. The number of para-hydroxylation sites is 1. The zero-order chi connectivity index (χ0) is 20.4. The maximum atomic E-state index is 13.2. The lowest BCUT2D eigenvalue weighted by atomic mass is 9.88. The molecule has 1 N–H and O–H groups in total. The van der Waals surface area contributed by atoms with Crippen molar-refractivity contribution in [3.8, 4) is 0 Å². The van der Waals surface area contributed by atoms with Crippen molar-refractivity contribution >= 4 is 40.0 Å². The molecule has 5 heteroatoms. The van der Waals surface area contributed by atoms with Crippen molar-refractivity contribution in [2.24, 2.45) is 0 Å². The molecule has 4 rings (SSSR count). The summed E-state index contributed by atoms with van der Waals surface area (Å²) in [6.07, 6.45) is 0.396. The summed E-state index contributed by atoms with van der Waals surface area (Å²) in [5.41, 5.74) is 0.936. The molecule has 0 fully saturated rings. The predicted molar refractivity (Wildman–Crippen MR) is 121 cm³/mol. The highest BCUT2D eigenvalue weighted by molar-refractivity contribution is 14.1. The van der Waals surface area contributed by atoms with Gasteiger partial charge >= 0.3 is 0 Å². The first kappa shape index (κ1) is 19.8. The summed E-state index contributed by atoms with van der Waals surface area (Å²) in [6, 6.07) is 24.2. The van der Waals surface area contributed by atoms with Crippen LogP contribution in [0.3, 0.4) is 0 Å². The Bertz CT molecular complexity index is 1050. The number of hydrogen-bond acceptors (Lipinski definition) is 3. The quantitative estimate of drug-likeness (QED) is 0.407. The lowest BCUT2D eigenvalue weighted by molar-refractivity contribution is -0.135. The van der Waals surface area contributed by atoms with Gasteiger partial charge in [0.2, 0.25) is 0 Å². The van der Waals surface area contributed by atoms with E-state index in [4.69, 9.17) is 0 Å². The largest absolute Gasteiger partial charge is 0.375 e. The Morgan fingerprint density at radius 2 is 1.59 bits per heavy atom. The fraction of sp³-hybridized carbons (Fsp3) is 0.167. The van der Waals surface area contributed by atoms with Gasteiger partial charge in [-0.05, 0) is 52.8 Å². The Labute approximate surface area is 183 Å². The first-order valence-electron chi connectivity index (χ1n) is 9.45. The lowest BCUT2D eigenvalue weighted by Gasteiger charge is -2.23. The maximum Gasteiger partial charge on any atom is 0.264 e. The van der Waals surface area contributed by atoms with Crippen LogP contribution in [0.4, 0.5) is 5.69 Å². The molecule has 3 aromatic carbocycles. The van der Waals surface area contributed by atoms with Crippen molar-refractivity contribution < 1.29 is 14.7 Å². The summed E-state index contributed by atoms with van der Waals surface area (Å²) >= 11 is 2.17. The number of hydrogen-bond donors (Lipinski definition) is 1. The van der Waals surface area contributed by atoms with Crippen molar-refractivity contribution in [2.45, 2.75) is 18.4 Å². The number of nitrogens with zero attached hydrogens (tertiary/aromatic N) is 1. The first-order valence-corrected chi connectivity index (χ1v) is 10.5. The summed E-state index contributed by atoms with van der Waals surface area (Å²) in [6.45, 7) is 0.444. The molecule has 3 aromatic rings. The second-order valence-electron chi connectivity index (χ2n) is 7.18. The van der Waals surface area contributed by atoms with E-state index in [0.29, 0.717) is 29.8 Å². The van der Waals surface area contributed by atoms with Crippen LogP contribution in [0.2, 0.25) is 0 Å². The van der Waals surface area contributed by atoms with Gasteiger partial charge in [0.25, 0.3) is 5.91 Å². The number of Topliss-reactive ketones (excluding diaryl/α,β-unsaturated/α-hetero) is 1. The van der Waals surface area contributed by atoms with Crippen LogP contribution in [-0.4, -0.2) is 23.3 Å². The molecule has 1 atom stereocenters. The Morgan fingerprint density at radius 1 is 0.931 bits per heavy atom. The Balaban J connectivity index is 1.60. The minimum Gasteiger partial charge on any atom is -0.375 e. The van der Waals surface area contributed by atoms with Crippen molar-refractivity contribution in [3.63, 3.8) is 0 Å². The predicted octanol–water partition coefficient (Wildman–Crippen LogP) is 4.34. The minimum atomic E-state index is -1.84. The standard InChI is InChI=1S/C24H20INO3/c25-19-12-10-18(11-13-19)22(27)16-24(29)20-8-4-5-9-21(20)26(23(24)28)15-14-17-6-2-1-3-7-17/h1-13,29H,14-16H2. The summed E-state index contributed by atoms with van der Waals surface area (Å²) in [7, 11) is 0. The number of anilines is 1. The van der Waals surface area contributed by atoms with E-state index in [9.17, 15) is 14.7 Å². The van der Waals surface area contributed by atoms with E-state index in [1.54, 1.807) is 29.2 Å².